The van der Waals surface area contributed by atoms with Crippen LogP contribution in [0.5, 0.6) is 11.5 Å². The van der Waals surface area contributed by atoms with E-state index in [9.17, 15) is 5.11 Å². The monoisotopic (exact) mass is 522 g/mol. The highest BCUT2D eigenvalue weighted by Crippen LogP contribution is 2.32. The van der Waals surface area contributed by atoms with Gasteiger partial charge in [0.25, 0.3) is 0 Å². The quantitative estimate of drug-likeness (QED) is 0.156. The Kier molecular flexibility index (Phi) is 17.0. The van der Waals surface area contributed by atoms with E-state index in [1.807, 2.05) is 18.2 Å². The largest absolute Gasteiger partial charge is 0.508 e. The summed E-state index contributed by atoms with van der Waals surface area (Å²) >= 11 is 0. The number of unbranched alkanes of at least 4 members (excludes halogenated alkanes) is 12. The van der Waals surface area contributed by atoms with Gasteiger partial charge >= 0.3 is 0 Å². The zero-order chi connectivity index (χ0) is 27.4. The molecule has 0 aliphatic heterocycles. The van der Waals surface area contributed by atoms with Gasteiger partial charge in [-0.2, -0.15) is 0 Å². The lowest BCUT2D eigenvalue weighted by Crippen LogP contribution is -2.17. The van der Waals surface area contributed by atoms with Crippen LogP contribution in [0.25, 0.3) is 0 Å². The van der Waals surface area contributed by atoms with E-state index in [1.54, 1.807) is 17.2 Å². The Bertz CT molecular complexity index is 872. The molecule has 0 heterocycles. The number of para-hydroxylation sites is 1. The second kappa shape index (κ2) is 20.0. The van der Waals surface area contributed by atoms with Crippen LogP contribution in [0.15, 0.2) is 36.4 Å². The van der Waals surface area contributed by atoms with Crippen molar-refractivity contribution in [3.63, 3.8) is 0 Å². The molecule has 1 atom stereocenters. The van der Waals surface area contributed by atoms with E-state index in [0.29, 0.717) is 12.2 Å². The molecule has 2 nitrogen and oxygen atoms in total. The van der Waals surface area contributed by atoms with Crippen molar-refractivity contribution in [2.45, 2.75) is 156 Å². The summed E-state index contributed by atoms with van der Waals surface area (Å²) in [7, 11) is 0. The Balaban J connectivity index is 2.25. The fourth-order valence-electron chi connectivity index (χ4n) is 5.63. The number of phenolic OH excluding ortho intramolecular Hbond substituents is 1. The molecule has 0 spiro atoms. The van der Waals surface area contributed by atoms with Crippen molar-refractivity contribution in [3.8, 4) is 11.5 Å². The van der Waals surface area contributed by atoms with Crippen molar-refractivity contribution < 1.29 is 9.84 Å². The predicted molar refractivity (Wildman–Crippen MR) is 166 cm³/mol. The molecule has 2 rings (SSSR count). The van der Waals surface area contributed by atoms with Gasteiger partial charge in [-0.15, -0.1) is 0 Å². The fourth-order valence-corrected chi connectivity index (χ4v) is 5.63. The van der Waals surface area contributed by atoms with E-state index in [0.717, 1.165) is 17.7 Å². The van der Waals surface area contributed by atoms with Gasteiger partial charge in [0.05, 0.1) is 0 Å². The van der Waals surface area contributed by atoms with Gasteiger partial charge in [-0.3, -0.25) is 0 Å². The van der Waals surface area contributed by atoms with Crippen LogP contribution in [0, 0.1) is 0 Å². The normalized spacial score (nSPS) is 12.1. The molecule has 0 aromatic heterocycles. The number of phenols is 1. The van der Waals surface area contributed by atoms with Gasteiger partial charge in [0, 0.05) is 6.42 Å². The molecule has 0 aliphatic carbocycles. The maximum absolute atomic E-state index is 10.3. The minimum absolute atomic E-state index is 0.0134. The number of aryl methyl sites for hydroxylation is 1. The lowest BCUT2D eigenvalue weighted by atomic mass is 9.89. The van der Waals surface area contributed by atoms with Gasteiger partial charge in [0.1, 0.15) is 17.6 Å². The lowest BCUT2D eigenvalue weighted by molar-refractivity contribution is 0.218. The van der Waals surface area contributed by atoms with Crippen molar-refractivity contribution in [2.75, 3.05) is 0 Å². The highest BCUT2D eigenvalue weighted by molar-refractivity contribution is 5.46. The summed E-state index contributed by atoms with van der Waals surface area (Å²) in [4.78, 5) is 0. The van der Waals surface area contributed by atoms with Crippen LogP contribution in [-0.4, -0.2) is 11.2 Å². The maximum Gasteiger partial charge on any atom is 0.123 e. The number of aromatic hydroxyl groups is 1. The number of benzene rings is 2. The SMILES string of the molecule is CCCCCCCc1ccc(OC(C)Cc2ccccc2O)c(CCCCCCC)c1CCCCCCC. The second-order valence-electron chi connectivity index (χ2n) is 11.4. The van der Waals surface area contributed by atoms with Gasteiger partial charge in [0.2, 0.25) is 0 Å². The van der Waals surface area contributed by atoms with Gasteiger partial charge in [0.15, 0.2) is 0 Å². The van der Waals surface area contributed by atoms with Crippen molar-refractivity contribution >= 4 is 0 Å². The molecular formula is C36H58O2. The average Bonchev–Trinajstić information content (AvgIpc) is 2.91. The average molecular weight is 523 g/mol. The van der Waals surface area contributed by atoms with Crippen LogP contribution in [-0.2, 0) is 25.7 Å². The number of hydrogen-bond donors (Lipinski definition) is 1. The molecule has 2 aromatic carbocycles. The van der Waals surface area contributed by atoms with Gasteiger partial charge < -0.3 is 9.84 Å². The zero-order valence-corrected chi connectivity index (χ0v) is 25.3. The molecule has 0 bridgehead atoms. The Morgan fingerprint density at radius 1 is 0.579 bits per heavy atom. The number of hydrogen-bond acceptors (Lipinski definition) is 2. The van der Waals surface area contributed by atoms with E-state index in [-0.39, 0.29) is 6.10 Å². The minimum atomic E-state index is 0.0134. The van der Waals surface area contributed by atoms with Crippen LogP contribution in [0.3, 0.4) is 0 Å². The zero-order valence-electron chi connectivity index (χ0n) is 25.3. The molecule has 0 radical (unpaired) electrons. The van der Waals surface area contributed by atoms with Crippen LogP contribution in [0.1, 0.15) is 146 Å². The van der Waals surface area contributed by atoms with Crippen LogP contribution >= 0.6 is 0 Å². The summed E-state index contributed by atoms with van der Waals surface area (Å²) in [6.07, 6.45) is 24.0. The molecule has 0 fully saturated rings. The molecule has 0 saturated heterocycles. The Morgan fingerprint density at radius 2 is 1.11 bits per heavy atom. The maximum atomic E-state index is 10.3. The summed E-state index contributed by atoms with van der Waals surface area (Å²) in [5, 5.41) is 10.3. The van der Waals surface area contributed by atoms with E-state index < -0.39 is 0 Å². The van der Waals surface area contributed by atoms with E-state index in [4.69, 9.17) is 4.74 Å². The standard InChI is InChI=1S/C36H58O2/c1-5-8-11-14-17-22-31-27-28-36(38-30(4)29-32-23-20-21-26-35(32)37)34(25-19-16-13-10-7-3)33(31)24-18-15-12-9-6-2/h20-21,23,26-28,30,37H,5-19,22,24-25,29H2,1-4H3. The minimum Gasteiger partial charge on any atom is -0.508 e. The summed E-state index contributed by atoms with van der Waals surface area (Å²) in [5.74, 6) is 1.45. The lowest BCUT2D eigenvalue weighted by Gasteiger charge is -2.23. The first kappa shape index (κ1) is 32.3. The third-order valence-electron chi connectivity index (χ3n) is 7.92. The molecule has 1 unspecified atom stereocenters. The molecule has 2 aromatic rings. The predicted octanol–water partition coefficient (Wildman–Crippen LogP) is 10.9. The topological polar surface area (TPSA) is 29.5 Å². The third kappa shape index (κ3) is 12.3. The molecular weight excluding hydrogens is 464 g/mol. The van der Waals surface area contributed by atoms with Crippen molar-refractivity contribution in [2.24, 2.45) is 0 Å². The van der Waals surface area contributed by atoms with E-state index in [2.05, 4.69) is 39.8 Å². The Labute approximate surface area is 235 Å². The summed E-state index contributed by atoms with van der Waals surface area (Å²) in [6.45, 7) is 9.02. The highest BCUT2D eigenvalue weighted by Gasteiger charge is 2.17. The highest BCUT2D eigenvalue weighted by atomic mass is 16.5. The first-order valence-corrected chi connectivity index (χ1v) is 16.2. The van der Waals surface area contributed by atoms with Crippen LogP contribution in [0.2, 0.25) is 0 Å². The van der Waals surface area contributed by atoms with Crippen molar-refractivity contribution in [1.29, 1.82) is 0 Å². The molecule has 0 saturated carbocycles. The van der Waals surface area contributed by atoms with Gasteiger partial charge in [-0.25, -0.2) is 0 Å². The van der Waals surface area contributed by atoms with Gasteiger partial charge in [-0.1, -0.05) is 122 Å². The number of rotatable bonds is 22. The molecule has 0 aliphatic rings. The van der Waals surface area contributed by atoms with Crippen LogP contribution < -0.4 is 4.74 Å². The first-order chi connectivity index (χ1) is 18.6. The van der Waals surface area contributed by atoms with Crippen molar-refractivity contribution in [3.05, 3.63) is 58.7 Å². The molecule has 0 amide bonds. The molecule has 38 heavy (non-hydrogen) atoms. The number of ether oxygens (including phenoxy) is 1. The molecule has 214 valence electrons. The summed E-state index contributed by atoms with van der Waals surface area (Å²) in [5.41, 5.74) is 5.61. The second-order valence-corrected chi connectivity index (χ2v) is 11.4. The third-order valence-corrected chi connectivity index (χ3v) is 7.92. The molecule has 1 N–H and O–H groups in total. The van der Waals surface area contributed by atoms with E-state index in [1.165, 1.54) is 115 Å². The Morgan fingerprint density at radius 3 is 1.68 bits per heavy atom. The first-order valence-electron chi connectivity index (χ1n) is 16.2. The van der Waals surface area contributed by atoms with Crippen molar-refractivity contribution in [1.82, 2.24) is 0 Å². The Hall–Kier alpha value is -1.96. The molecule has 2 heteroatoms. The van der Waals surface area contributed by atoms with Gasteiger partial charge in [-0.05, 0) is 79.8 Å². The summed E-state index contributed by atoms with van der Waals surface area (Å²) in [6, 6.07) is 12.3. The summed E-state index contributed by atoms with van der Waals surface area (Å²) < 4.78 is 6.67. The smallest absolute Gasteiger partial charge is 0.123 e. The van der Waals surface area contributed by atoms with E-state index >= 15 is 0 Å². The van der Waals surface area contributed by atoms with Crippen LogP contribution in [0.4, 0.5) is 0 Å². The fraction of sp³-hybridized carbons (Fsp3) is 0.667.